The van der Waals surface area contributed by atoms with E-state index in [2.05, 4.69) is 4.98 Å². The molecule has 2 rings (SSSR count). The summed E-state index contributed by atoms with van der Waals surface area (Å²) in [6.45, 7) is 1.80. The van der Waals surface area contributed by atoms with Crippen LogP contribution in [0, 0.1) is 6.92 Å². The van der Waals surface area contributed by atoms with Crippen LogP contribution in [-0.2, 0) is 5.75 Å². The van der Waals surface area contributed by atoms with Crippen LogP contribution in [0.2, 0.25) is 0 Å². The van der Waals surface area contributed by atoms with Gasteiger partial charge in [0.25, 0.3) is 0 Å². The van der Waals surface area contributed by atoms with Crippen molar-refractivity contribution < 1.29 is 9.21 Å². The summed E-state index contributed by atoms with van der Waals surface area (Å²) in [6.07, 6.45) is 1.60. The quantitative estimate of drug-likeness (QED) is 0.338. The number of pyridine rings is 1. The van der Waals surface area contributed by atoms with Crippen molar-refractivity contribution >= 4 is 23.4 Å². The number of nitrogens with two attached hydrogens (primary N) is 2. The van der Waals surface area contributed by atoms with Gasteiger partial charge in [-0.15, -0.1) is 0 Å². The average molecular weight is 278 g/mol. The summed E-state index contributed by atoms with van der Waals surface area (Å²) in [5.41, 5.74) is 8.99. The molecule has 5 N–H and O–H groups in total. The number of rotatable bonds is 4. The van der Waals surface area contributed by atoms with Crippen LogP contribution in [-0.4, -0.2) is 10.9 Å². The monoisotopic (exact) mass is 278 g/mol. The summed E-state index contributed by atoms with van der Waals surface area (Å²) in [5, 5.41) is 0.841. The number of hydrazine groups is 1. The molecule has 0 aromatic carbocycles. The maximum atomic E-state index is 11.4. The summed E-state index contributed by atoms with van der Waals surface area (Å²) in [5.74, 6) is 6.16. The molecule has 6 nitrogen and oxygen atoms in total. The first kappa shape index (κ1) is 13.4. The Morgan fingerprint density at radius 3 is 2.95 bits per heavy atom. The molecular formula is C12H14N4O2S. The van der Waals surface area contributed by atoms with E-state index < -0.39 is 5.91 Å². The minimum absolute atomic E-state index is 0.239. The highest BCUT2D eigenvalue weighted by molar-refractivity contribution is 7.98. The van der Waals surface area contributed by atoms with Gasteiger partial charge in [-0.3, -0.25) is 10.2 Å². The number of thioether (sulfide) groups is 1. The van der Waals surface area contributed by atoms with E-state index in [9.17, 15) is 4.79 Å². The molecule has 2 heterocycles. The molecule has 0 bridgehead atoms. The molecule has 100 valence electrons. The minimum atomic E-state index is -0.431. The highest BCUT2D eigenvalue weighted by atomic mass is 32.2. The molecule has 0 saturated carbocycles. The molecule has 0 aliphatic rings. The van der Waals surface area contributed by atoms with Crippen LogP contribution in [0.3, 0.4) is 0 Å². The molecule has 0 aliphatic carbocycles. The maximum Gasteiger partial charge on any atom is 0.301 e. The lowest BCUT2D eigenvalue weighted by Gasteiger charge is -1.99. The number of aromatic nitrogens is 1. The fraction of sp³-hybridized carbons (Fsp3) is 0.167. The van der Waals surface area contributed by atoms with Crippen molar-refractivity contribution in [3.63, 3.8) is 0 Å². The fourth-order valence-corrected chi connectivity index (χ4v) is 2.26. The largest absolute Gasteiger partial charge is 0.455 e. The summed E-state index contributed by atoms with van der Waals surface area (Å²) >= 11 is 1.50. The lowest BCUT2D eigenvalue weighted by atomic mass is 10.2. The zero-order valence-corrected chi connectivity index (χ0v) is 11.2. The lowest BCUT2D eigenvalue weighted by Crippen LogP contribution is -2.30. The van der Waals surface area contributed by atoms with Crippen molar-refractivity contribution in [1.29, 1.82) is 0 Å². The Labute approximate surface area is 114 Å². The molecule has 2 aromatic heterocycles. The molecule has 7 heteroatoms. The van der Waals surface area contributed by atoms with E-state index in [4.69, 9.17) is 16.0 Å². The van der Waals surface area contributed by atoms with E-state index in [1.807, 2.05) is 17.6 Å². The third-order valence-corrected chi connectivity index (χ3v) is 3.39. The Balaban J connectivity index is 2.04. The van der Waals surface area contributed by atoms with E-state index in [0.717, 1.165) is 10.6 Å². The van der Waals surface area contributed by atoms with Gasteiger partial charge in [-0.05, 0) is 25.1 Å². The molecular weight excluding hydrogens is 264 g/mol. The molecule has 0 atom stereocenters. The zero-order chi connectivity index (χ0) is 13.8. The van der Waals surface area contributed by atoms with Gasteiger partial charge in [0.2, 0.25) is 0 Å². The second-order valence-corrected chi connectivity index (χ2v) is 4.91. The number of carbonyl (C=O) groups excluding carboxylic acids is 1. The smallest absolute Gasteiger partial charge is 0.301 e. The van der Waals surface area contributed by atoms with Gasteiger partial charge >= 0.3 is 5.91 Å². The lowest BCUT2D eigenvalue weighted by molar-refractivity contribution is 0.0923. The van der Waals surface area contributed by atoms with Crippen LogP contribution in [0.1, 0.15) is 21.9 Å². The Bertz CT molecular complexity index is 580. The topological polar surface area (TPSA) is 107 Å². The maximum absolute atomic E-state index is 11.4. The van der Waals surface area contributed by atoms with Gasteiger partial charge in [-0.1, -0.05) is 11.8 Å². The number of nitrogens with one attached hydrogen (secondary N) is 1. The number of nitrogen functional groups attached to an aromatic ring is 2. The number of carbonyl (C=O) groups is 1. The molecule has 1 amide bonds. The summed E-state index contributed by atoms with van der Waals surface area (Å²) in [6, 6.07) is 5.44. The standard InChI is InChI=1S/C12H14N4O2S/c1-7-4-9(18-11(7)12(17)16-14)6-19-10-3-2-8(13)5-15-10/h2-5H,6,13-14H2,1H3,(H,16,17). The van der Waals surface area contributed by atoms with E-state index in [1.165, 1.54) is 11.8 Å². The van der Waals surface area contributed by atoms with Crippen LogP contribution >= 0.6 is 11.8 Å². The average Bonchev–Trinajstić information content (AvgIpc) is 2.78. The van der Waals surface area contributed by atoms with Crippen molar-refractivity contribution in [2.45, 2.75) is 17.7 Å². The van der Waals surface area contributed by atoms with Gasteiger partial charge < -0.3 is 10.2 Å². The third-order valence-electron chi connectivity index (χ3n) is 2.43. The van der Waals surface area contributed by atoms with Crippen LogP contribution < -0.4 is 17.0 Å². The number of anilines is 1. The molecule has 0 radical (unpaired) electrons. The minimum Gasteiger partial charge on any atom is -0.455 e. The Kier molecular flexibility index (Phi) is 4.08. The molecule has 19 heavy (non-hydrogen) atoms. The first-order valence-corrected chi connectivity index (χ1v) is 6.53. The van der Waals surface area contributed by atoms with Crippen molar-refractivity contribution in [3.8, 4) is 0 Å². The molecule has 0 unspecified atom stereocenters. The number of nitrogens with zero attached hydrogens (tertiary/aromatic N) is 1. The van der Waals surface area contributed by atoms with Gasteiger partial charge in [0.1, 0.15) is 5.76 Å². The second-order valence-electron chi connectivity index (χ2n) is 3.92. The molecule has 2 aromatic rings. The Hall–Kier alpha value is -1.99. The van der Waals surface area contributed by atoms with Gasteiger partial charge in [0, 0.05) is 5.56 Å². The first-order valence-electron chi connectivity index (χ1n) is 5.54. The van der Waals surface area contributed by atoms with Crippen LogP contribution in [0.15, 0.2) is 33.8 Å². The third kappa shape index (κ3) is 3.27. The van der Waals surface area contributed by atoms with E-state index in [-0.39, 0.29) is 5.76 Å². The number of hydrogen-bond acceptors (Lipinski definition) is 6. The number of furan rings is 1. The van der Waals surface area contributed by atoms with Gasteiger partial charge in [-0.2, -0.15) is 0 Å². The van der Waals surface area contributed by atoms with Gasteiger partial charge in [-0.25, -0.2) is 10.8 Å². The first-order chi connectivity index (χ1) is 9.10. The van der Waals surface area contributed by atoms with E-state index >= 15 is 0 Å². The Morgan fingerprint density at radius 2 is 2.32 bits per heavy atom. The van der Waals surface area contributed by atoms with Crippen LogP contribution in [0.5, 0.6) is 0 Å². The van der Waals surface area contributed by atoms with E-state index in [1.54, 1.807) is 19.2 Å². The predicted molar refractivity (Wildman–Crippen MR) is 73.3 cm³/mol. The number of aryl methyl sites for hydroxylation is 1. The van der Waals surface area contributed by atoms with Gasteiger partial charge in [0.05, 0.1) is 22.7 Å². The molecule has 0 spiro atoms. The molecule has 0 aliphatic heterocycles. The highest BCUT2D eigenvalue weighted by Crippen LogP contribution is 2.24. The summed E-state index contributed by atoms with van der Waals surface area (Å²) < 4.78 is 5.45. The van der Waals surface area contributed by atoms with Crippen LogP contribution in [0.25, 0.3) is 0 Å². The fourth-order valence-electron chi connectivity index (χ4n) is 1.53. The zero-order valence-electron chi connectivity index (χ0n) is 10.3. The van der Waals surface area contributed by atoms with Crippen LogP contribution in [0.4, 0.5) is 5.69 Å². The van der Waals surface area contributed by atoms with E-state index in [0.29, 0.717) is 17.2 Å². The Morgan fingerprint density at radius 1 is 1.53 bits per heavy atom. The summed E-state index contributed by atoms with van der Waals surface area (Å²) in [4.78, 5) is 15.6. The van der Waals surface area contributed by atoms with Gasteiger partial charge in [0.15, 0.2) is 5.76 Å². The SMILES string of the molecule is Cc1cc(CSc2ccc(N)cn2)oc1C(=O)NN. The molecule has 0 saturated heterocycles. The summed E-state index contributed by atoms with van der Waals surface area (Å²) in [7, 11) is 0. The second kappa shape index (κ2) is 5.77. The number of hydrogen-bond donors (Lipinski definition) is 3. The molecule has 0 fully saturated rings. The number of amides is 1. The normalized spacial score (nSPS) is 10.4. The van der Waals surface area contributed by atoms with Crippen molar-refractivity contribution in [2.24, 2.45) is 5.84 Å². The van der Waals surface area contributed by atoms with Crippen molar-refractivity contribution in [3.05, 3.63) is 41.5 Å². The predicted octanol–water partition coefficient (Wildman–Crippen LogP) is 1.46. The highest BCUT2D eigenvalue weighted by Gasteiger charge is 2.14. The van der Waals surface area contributed by atoms with Crippen molar-refractivity contribution in [2.75, 3.05) is 5.73 Å². The van der Waals surface area contributed by atoms with Crippen molar-refractivity contribution in [1.82, 2.24) is 10.4 Å².